The average molecular weight is 265 g/mol. The maximum absolute atomic E-state index is 11.2. The van der Waals surface area contributed by atoms with Gasteiger partial charge in [0.1, 0.15) is 0 Å². The summed E-state index contributed by atoms with van der Waals surface area (Å²) >= 11 is 5.19. The van der Waals surface area contributed by atoms with Crippen molar-refractivity contribution in [2.75, 3.05) is 27.2 Å². The van der Waals surface area contributed by atoms with Gasteiger partial charge in [0.25, 0.3) is 0 Å². The molecule has 0 radical (unpaired) electrons. The van der Waals surface area contributed by atoms with E-state index in [0.29, 0.717) is 5.11 Å². The van der Waals surface area contributed by atoms with E-state index in [1.165, 1.54) is 5.56 Å². The number of nitrogens with zero attached hydrogens (tertiary/aromatic N) is 1. The van der Waals surface area contributed by atoms with E-state index in [1.54, 1.807) is 19.0 Å². The Morgan fingerprint density at radius 2 is 2.00 bits per heavy atom. The van der Waals surface area contributed by atoms with Gasteiger partial charge in [0, 0.05) is 20.6 Å². The summed E-state index contributed by atoms with van der Waals surface area (Å²) in [6, 6.07) is 10.2. The van der Waals surface area contributed by atoms with E-state index < -0.39 is 0 Å². The Morgan fingerprint density at radius 1 is 1.33 bits per heavy atom. The normalized spacial score (nSPS) is 9.67. The van der Waals surface area contributed by atoms with Gasteiger partial charge in [-0.3, -0.25) is 4.79 Å². The Balaban J connectivity index is 2.26. The van der Waals surface area contributed by atoms with E-state index in [4.69, 9.17) is 12.2 Å². The molecule has 0 unspecified atom stereocenters. The number of thiocarbonyl (C=S) groups is 1. The monoisotopic (exact) mass is 265 g/mol. The van der Waals surface area contributed by atoms with Crippen LogP contribution in [0.1, 0.15) is 5.56 Å². The fraction of sp³-hybridized carbons (Fsp3) is 0.385. The molecule has 18 heavy (non-hydrogen) atoms. The van der Waals surface area contributed by atoms with Crippen molar-refractivity contribution in [3.05, 3.63) is 35.9 Å². The highest BCUT2D eigenvalue weighted by atomic mass is 32.1. The standard InChI is InChI=1S/C13H19N3OS/c1-14-12(17)10-16(2)13(18)15-9-8-11-6-4-3-5-7-11/h3-7H,8-10H2,1-2H3,(H,14,17)(H,15,18). The Bertz CT molecular complexity index is 394. The van der Waals surface area contributed by atoms with Crippen LogP contribution in [0.25, 0.3) is 0 Å². The van der Waals surface area contributed by atoms with Crippen LogP contribution >= 0.6 is 12.2 Å². The van der Waals surface area contributed by atoms with Crippen molar-refractivity contribution in [3.63, 3.8) is 0 Å². The summed E-state index contributed by atoms with van der Waals surface area (Å²) < 4.78 is 0. The van der Waals surface area contributed by atoms with Gasteiger partial charge in [-0.1, -0.05) is 30.3 Å². The van der Waals surface area contributed by atoms with Crippen molar-refractivity contribution in [2.45, 2.75) is 6.42 Å². The molecule has 1 aromatic carbocycles. The molecule has 1 aromatic rings. The number of amides is 1. The number of nitrogens with one attached hydrogen (secondary N) is 2. The molecule has 5 heteroatoms. The number of rotatable bonds is 5. The summed E-state index contributed by atoms with van der Waals surface area (Å²) in [5.41, 5.74) is 1.27. The van der Waals surface area contributed by atoms with Crippen molar-refractivity contribution in [1.29, 1.82) is 0 Å². The second kappa shape index (κ2) is 7.66. The Kier molecular flexibility index (Phi) is 6.14. The lowest BCUT2D eigenvalue weighted by atomic mass is 10.1. The highest BCUT2D eigenvalue weighted by molar-refractivity contribution is 7.80. The van der Waals surface area contributed by atoms with Crippen molar-refractivity contribution in [3.8, 4) is 0 Å². The van der Waals surface area contributed by atoms with Gasteiger partial charge in [0.05, 0.1) is 6.54 Å². The van der Waals surface area contributed by atoms with Crippen LogP contribution in [0, 0.1) is 0 Å². The SMILES string of the molecule is CNC(=O)CN(C)C(=S)NCCc1ccccc1. The minimum Gasteiger partial charge on any atom is -0.362 e. The molecule has 0 bridgehead atoms. The number of benzene rings is 1. The molecule has 1 amide bonds. The molecule has 2 N–H and O–H groups in total. The van der Waals surface area contributed by atoms with E-state index in [0.717, 1.165) is 13.0 Å². The fourth-order valence-electron chi connectivity index (χ4n) is 1.46. The number of carbonyl (C=O) groups excluding carboxylic acids is 1. The predicted octanol–water partition coefficient (Wildman–Crippen LogP) is 0.781. The van der Waals surface area contributed by atoms with E-state index in [9.17, 15) is 4.79 Å². The maximum Gasteiger partial charge on any atom is 0.239 e. The number of hydrogen-bond donors (Lipinski definition) is 2. The van der Waals surface area contributed by atoms with E-state index >= 15 is 0 Å². The largest absolute Gasteiger partial charge is 0.362 e. The summed E-state index contributed by atoms with van der Waals surface area (Å²) in [5, 5.41) is 6.29. The lowest BCUT2D eigenvalue weighted by Gasteiger charge is -2.20. The first-order valence-corrected chi connectivity index (χ1v) is 6.27. The van der Waals surface area contributed by atoms with E-state index in [-0.39, 0.29) is 12.5 Å². The van der Waals surface area contributed by atoms with Crippen LogP contribution in [0.2, 0.25) is 0 Å². The summed E-state index contributed by atoms with van der Waals surface area (Å²) in [6.45, 7) is 1.04. The molecule has 0 atom stereocenters. The second-order valence-corrected chi connectivity index (χ2v) is 4.38. The number of carbonyl (C=O) groups is 1. The average Bonchev–Trinajstić information content (AvgIpc) is 2.39. The summed E-state index contributed by atoms with van der Waals surface area (Å²) in [6.07, 6.45) is 0.912. The lowest BCUT2D eigenvalue weighted by Crippen LogP contribution is -2.42. The van der Waals surface area contributed by atoms with E-state index in [2.05, 4.69) is 22.8 Å². The van der Waals surface area contributed by atoms with Gasteiger partial charge in [-0.05, 0) is 24.2 Å². The number of hydrogen-bond acceptors (Lipinski definition) is 2. The first-order valence-electron chi connectivity index (χ1n) is 5.87. The molecule has 0 aromatic heterocycles. The third-order valence-electron chi connectivity index (χ3n) is 2.54. The second-order valence-electron chi connectivity index (χ2n) is 4.00. The molecule has 0 aliphatic carbocycles. The molecule has 0 aliphatic heterocycles. The van der Waals surface area contributed by atoms with Crippen molar-refractivity contribution in [2.24, 2.45) is 0 Å². The van der Waals surface area contributed by atoms with Gasteiger partial charge in [-0.25, -0.2) is 0 Å². The van der Waals surface area contributed by atoms with Crippen molar-refractivity contribution >= 4 is 23.2 Å². The fourth-order valence-corrected chi connectivity index (χ4v) is 1.63. The number of likely N-dealkylation sites (N-methyl/N-ethyl adjacent to an activating group) is 2. The molecule has 0 heterocycles. The van der Waals surface area contributed by atoms with Gasteiger partial charge in [-0.15, -0.1) is 0 Å². The van der Waals surface area contributed by atoms with Gasteiger partial charge < -0.3 is 15.5 Å². The van der Waals surface area contributed by atoms with Gasteiger partial charge in [0.2, 0.25) is 5.91 Å². The molecule has 0 saturated heterocycles. The predicted molar refractivity (Wildman–Crippen MR) is 77.4 cm³/mol. The van der Waals surface area contributed by atoms with Crippen LogP contribution < -0.4 is 10.6 Å². The van der Waals surface area contributed by atoms with Crippen LogP contribution in [0.4, 0.5) is 0 Å². The lowest BCUT2D eigenvalue weighted by molar-refractivity contribution is -0.120. The Morgan fingerprint density at radius 3 is 2.61 bits per heavy atom. The maximum atomic E-state index is 11.2. The van der Waals surface area contributed by atoms with Crippen LogP contribution in [0.5, 0.6) is 0 Å². The smallest absolute Gasteiger partial charge is 0.239 e. The summed E-state index contributed by atoms with van der Waals surface area (Å²) in [7, 11) is 3.41. The summed E-state index contributed by atoms with van der Waals surface area (Å²) in [4.78, 5) is 12.9. The molecular formula is C13H19N3OS. The van der Waals surface area contributed by atoms with Crippen LogP contribution in [-0.4, -0.2) is 43.1 Å². The van der Waals surface area contributed by atoms with Crippen LogP contribution in [0.15, 0.2) is 30.3 Å². The zero-order valence-electron chi connectivity index (χ0n) is 10.8. The quantitative estimate of drug-likeness (QED) is 0.772. The highest BCUT2D eigenvalue weighted by Gasteiger charge is 2.07. The molecule has 0 spiro atoms. The van der Waals surface area contributed by atoms with Crippen LogP contribution in [0.3, 0.4) is 0 Å². The molecule has 0 saturated carbocycles. The molecular weight excluding hydrogens is 246 g/mol. The zero-order valence-corrected chi connectivity index (χ0v) is 11.6. The van der Waals surface area contributed by atoms with Gasteiger partial charge in [0.15, 0.2) is 5.11 Å². The third-order valence-corrected chi connectivity index (χ3v) is 3.00. The topological polar surface area (TPSA) is 44.4 Å². The molecule has 0 fully saturated rings. The Labute approximate surface area is 113 Å². The van der Waals surface area contributed by atoms with E-state index in [1.807, 2.05) is 18.2 Å². The first kappa shape index (κ1) is 14.4. The Hall–Kier alpha value is -1.62. The van der Waals surface area contributed by atoms with Crippen molar-refractivity contribution in [1.82, 2.24) is 15.5 Å². The third kappa shape index (κ3) is 5.14. The highest BCUT2D eigenvalue weighted by Crippen LogP contribution is 1.98. The molecule has 1 rings (SSSR count). The van der Waals surface area contributed by atoms with Gasteiger partial charge >= 0.3 is 0 Å². The van der Waals surface area contributed by atoms with Gasteiger partial charge in [-0.2, -0.15) is 0 Å². The molecule has 4 nitrogen and oxygen atoms in total. The summed E-state index contributed by atoms with van der Waals surface area (Å²) in [5.74, 6) is -0.0512. The zero-order chi connectivity index (χ0) is 13.4. The first-order chi connectivity index (χ1) is 8.63. The minimum atomic E-state index is -0.0512. The minimum absolute atomic E-state index is 0.0512. The van der Waals surface area contributed by atoms with Crippen molar-refractivity contribution < 1.29 is 4.79 Å². The van der Waals surface area contributed by atoms with Crippen LogP contribution in [-0.2, 0) is 11.2 Å². The molecule has 98 valence electrons. The molecule has 0 aliphatic rings.